The highest BCUT2D eigenvalue weighted by Crippen LogP contribution is 2.23. The van der Waals surface area contributed by atoms with Crippen LogP contribution in [0.5, 0.6) is 0 Å². The first-order valence-electron chi connectivity index (χ1n) is 8.05. The number of rotatable bonds is 6. The summed E-state index contributed by atoms with van der Waals surface area (Å²) in [4.78, 5) is 16.3. The fourth-order valence-electron chi connectivity index (χ4n) is 2.89. The normalized spacial score (nSPS) is 17.9. The quantitative estimate of drug-likeness (QED) is 0.844. The molecule has 1 aromatic heterocycles. The summed E-state index contributed by atoms with van der Waals surface area (Å²) in [7, 11) is 0. The number of aromatic nitrogens is 1. The lowest BCUT2D eigenvalue weighted by Gasteiger charge is -2.21. The number of nitrogens with zero attached hydrogens (tertiary/aromatic N) is 1. The minimum absolute atomic E-state index is 0.160. The molecule has 0 aliphatic heterocycles. The molecule has 1 aromatic rings. The van der Waals surface area contributed by atoms with Gasteiger partial charge in [-0.05, 0) is 31.1 Å². The first-order chi connectivity index (χ1) is 10.1. The molecule has 0 saturated heterocycles. The van der Waals surface area contributed by atoms with Crippen LogP contribution >= 0.6 is 0 Å². The third kappa shape index (κ3) is 4.84. The summed E-state index contributed by atoms with van der Waals surface area (Å²) in [5.74, 6) is 1.37. The molecule has 0 bridgehead atoms. The highest BCUT2D eigenvalue weighted by atomic mass is 16.3. The lowest BCUT2D eigenvalue weighted by Crippen LogP contribution is -2.30. The zero-order chi connectivity index (χ0) is 15.2. The van der Waals surface area contributed by atoms with E-state index in [4.69, 9.17) is 10.2 Å². The van der Waals surface area contributed by atoms with Gasteiger partial charge in [-0.3, -0.25) is 4.79 Å². The van der Waals surface area contributed by atoms with Gasteiger partial charge in [-0.15, -0.1) is 0 Å². The second kappa shape index (κ2) is 7.59. The molecule has 0 radical (unpaired) electrons. The molecule has 3 N–H and O–H groups in total. The van der Waals surface area contributed by atoms with Crippen molar-refractivity contribution in [3.05, 3.63) is 17.8 Å². The standard InChI is InChI=1S/C16H27N3O2/c1-11(2)8-13(17)16-19-14(10-21-16)15(20)18-9-12-6-4-3-5-7-12/h10-13H,3-9,17H2,1-2H3,(H,18,20). The van der Waals surface area contributed by atoms with E-state index in [1.54, 1.807) is 0 Å². The van der Waals surface area contributed by atoms with Gasteiger partial charge < -0.3 is 15.5 Å². The fraction of sp³-hybridized carbons (Fsp3) is 0.750. The summed E-state index contributed by atoms with van der Waals surface area (Å²) >= 11 is 0. The molecule has 118 valence electrons. The molecule has 1 amide bonds. The molecular weight excluding hydrogens is 266 g/mol. The summed E-state index contributed by atoms with van der Waals surface area (Å²) in [6.07, 6.45) is 8.50. The third-order valence-electron chi connectivity index (χ3n) is 4.07. The number of hydrogen-bond donors (Lipinski definition) is 2. The van der Waals surface area contributed by atoms with Crippen LogP contribution in [-0.4, -0.2) is 17.4 Å². The molecule has 1 unspecified atom stereocenters. The minimum atomic E-state index is -0.245. The summed E-state index contributed by atoms with van der Waals surface area (Å²) in [5, 5.41) is 2.96. The van der Waals surface area contributed by atoms with Crippen molar-refractivity contribution in [2.75, 3.05) is 6.54 Å². The molecule has 1 fully saturated rings. The lowest BCUT2D eigenvalue weighted by molar-refractivity contribution is 0.0938. The van der Waals surface area contributed by atoms with Gasteiger partial charge in [-0.25, -0.2) is 4.98 Å². The average molecular weight is 293 g/mol. The van der Waals surface area contributed by atoms with Crippen LogP contribution in [0.3, 0.4) is 0 Å². The van der Waals surface area contributed by atoms with E-state index in [0.29, 0.717) is 23.4 Å². The molecule has 1 heterocycles. The Kier molecular flexibility index (Phi) is 5.79. The van der Waals surface area contributed by atoms with Crippen LogP contribution in [0.15, 0.2) is 10.7 Å². The summed E-state index contributed by atoms with van der Waals surface area (Å²) in [6.45, 7) is 4.93. The number of oxazole rings is 1. The fourth-order valence-corrected chi connectivity index (χ4v) is 2.89. The second-order valence-electron chi connectivity index (χ2n) is 6.52. The number of nitrogens with two attached hydrogens (primary N) is 1. The van der Waals surface area contributed by atoms with Crippen LogP contribution in [0.25, 0.3) is 0 Å². The van der Waals surface area contributed by atoms with E-state index in [1.807, 2.05) is 0 Å². The largest absolute Gasteiger partial charge is 0.446 e. The van der Waals surface area contributed by atoms with Crippen LogP contribution in [-0.2, 0) is 0 Å². The topological polar surface area (TPSA) is 81.1 Å². The van der Waals surface area contributed by atoms with Crippen LogP contribution in [0.1, 0.15) is 74.8 Å². The molecule has 1 atom stereocenters. The smallest absolute Gasteiger partial charge is 0.273 e. The van der Waals surface area contributed by atoms with Gasteiger partial charge >= 0.3 is 0 Å². The Balaban J connectivity index is 1.83. The molecular formula is C16H27N3O2. The zero-order valence-electron chi connectivity index (χ0n) is 13.1. The summed E-state index contributed by atoms with van der Waals surface area (Å²) in [6, 6.07) is -0.245. The van der Waals surface area contributed by atoms with E-state index in [0.717, 1.165) is 13.0 Å². The van der Waals surface area contributed by atoms with Crippen molar-refractivity contribution >= 4 is 5.91 Å². The molecule has 0 spiro atoms. The predicted octanol–water partition coefficient (Wildman–Crippen LogP) is 3.03. The van der Waals surface area contributed by atoms with E-state index < -0.39 is 0 Å². The van der Waals surface area contributed by atoms with Gasteiger partial charge in [0, 0.05) is 6.54 Å². The monoisotopic (exact) mass is 293 g/mol. The van der Waals surface area contributed by atoms with Gasteiger partial charge in [0.05, 0.1) is 6.04 Å². The molecule has 5 nitrogen and oxygen atoms in total. The molecule has 1 aliphatic rings. The third-order valence-corrected chi connectivity index (χ3v) is 4.07. The Morgan fingerprint density at radius 3 is 2.81 bits per heavy atom. The van der Waals surface area contributed by atoms with E-state index in [-0.39, 0.29) is 11.9 Å². The number of amides is 1. The van der Waals surface area contributed by atoms with Crippen molar-refractivity contribution in [2.24, 2.45) is 17.6 Å². The highest BCUT2D eigenvalue weighted by molar-refractivity contribution is 5.91. The first-order valence-corrected chi connectivity index (χ1v) is 8.05. The molecule has 1 saturated carbocycles. The highest BCUT2D eigenvalue weighted by Gasteiger charge is 2.19. The Bertz CT molecular complexity index is 450. The molecule has 0 aromatic carbocycles. The van der Waals surface area contributed by atoms with Crippen LogP contribution in [0, 0.1) is 11.8 Å². The molecule has 5 heteroatoms. The van der Waals surface area contributed by atoms with Crippen LogP contribution < -0.4 is 11.1 Å². The van der Waals surface area contributed by atoms with E-state index in [1.165, 1.54) is 38.4 Å². The van der Waals surface area contributed by atoms with Crippen LogP contribution in [0.4, 0.5) is 0 Å². The number of nitrogens with one attached hydrogen (secondary N) is 1. The van der Waals surface area contributed by atoms with Crippen LogP contribution in [0.2, 0.25) is 0 Å². The predicted molar refractivity (Wildman–Crippen MR) is 81.8 cm³/mol. The summed E-state index contributed by atoms with van der Waals surface area (Å²) < 4.78 is 5.34. The lowest BCUT2D eigenvalue weighted by atomic mass is 9.89. The minimum Gasteiger partial charge on any atom is -0.446 e. The van der Waals surface area contributed by atoms with Gasteiger partial charge in [0.1, 0.15) is 6.26 Å². The van der Waals surface area contributed by atoms with Crippen molar-refractivity contribution in [1.82, 2.24) is 10.3 Å². The maximum Gasteiger partial charge on any atom is 0.273 e. The first kappa shape index (κ1) is 16.0. The number of carbonyl (C=O) groups is 1. The maximum absolute atomic E-state index is 12.1. The zero-order valence-corrected chi connectivity index (χ0v) is 13.1. The Hall–Kier alpha value is -1.36. The van der Waals surface area contributed by atoms with Gasteiger partial charge in [0.15, 0.2) is 5.69 Å². The molecule has 21 heavy (non-hydrogen) atoms. The van der Waals surface area contributed by atoms with Gasteiger partial charge in [-0.2, -0.15) is 0 Å². The van der Waals surface area contributed by atoms with Crippen molar-refractivity contribution in [2.45, 2.75) is 58.4 Å². The summed E-state index contributed by atoms with van der Waals surface area (Å²) in [5.41, 5.74) is 6.35. The van der Waals surface area contributed by atoms with Gasteiger partial charge in [-0.1, -0.05) is 33.1 Å². The Morgan fingerprint density at radius 2 is 2.14 bits per heavy atom. The van der Waals surface area contributed by atoms with Gasteiger partial charge in [0.2, 0.25) is 5.89 Å². The van der Waals surface area contributed by atoms with E-state index >= 15 is 0 Å². The molecule has 2 rings (SSSR count). The Morgan fingerprint density at radius 1 is 1.43 bits per heavy atom. The Labute approximate surface area is 126 Å². The van der Waals surface area contributed by atoms with Crippen molar-refractivity contribution < 1.29 is 9.21 Å². The van der Waals surface area contributed by atoms with E-state index in [9.17, 15) is 4.79 Å². The van der Waals surface area contributed by atoms with Crippen molar-refractivity contribution in [3.8, 4) is 0 Å². The second-order valence-corrected chi connectivity index (χ2v) is 6.52. The van der Waals surface area contributed by atoms with E-state index in [2.05, 4.69) is 24.1 Å². The average Bonchev–Trinajstić information content (AvgIpc) is 2.95. The molecule has 1 aliphatic carbocycles. The van der Waals surface area contributed by atoms with Gasteiger partial charge in [0.25, 0.3) is 5.91 Å². The number of hydrogen-bond acceptors (Lipinski definition) is 4. The van der Waals surface area contributed by atoms with Crippen molar-refractivity contribution in [1.29, 1.82) is 0 Å². The van der Waals surface area contributed by atoms with Crippen molar-refractivity contribution in [3.63, 3.8) is 0 Å². The maximum atomic E-state index is 12.1. The number of carbonyl (C=O) groups excluding carboxylic acids is 1. The SMILES string of the molecule is CC(C)CC(N)c1nc(C(=O)NCC2CCCCC2)co1.